The summed E-state index contributed by atoms with van der Waals surface area (Å²) in [6, 6.07) is 11.3. The highest BCUT2D eigenvalue weighted by molar-refractivity contribution is 7.13. The van der Waals surface area contributed by atoms with Crippen LogP contribution in [0.2, 0.25) is 0 Å². The van der Waals surface area contributed by atoms with Gasteiger partial charge < -0.3 is 14.8 Å². The minimum absolute atomic E-state index is 0.326. The second-order valence-electron chi connectivity index (χ2n) is 5.74. The summed E-state index contributed by atoms with van der Waals surface area (Å²) in [5, 5.41) is 5.28. The molecule has 27 heavy (non-hydrogen) atoms. The van der Waals surface area contributed by atoms with Crippen LogP contribution in [0.3, 0.4) is 0 Å². The first-order valence-corrected chi connectivity index (χ1v) is 9.52. The molecule has 0 fully saturated rings. The Hall–Kier alpha value is -2.93. The number of benzene rings is 1. The normalized spacial score (nSPS) is 10.4. The van der Waals surface area contributed by atoms with Gasteiger partial charge in [0.2, 0.25) is 0 Å². The van der Waals surface area contributed by atoms with Crippen molar-refractivity contribution in [2.45, 2.75) is 13.3 Å². The van der Waals surface area contributed by atoms with Crippen molar-refractivity contribution in [2.75, 3.05) is 25.6 Å². The molecule has 6 nitrogen and oxygen atoms in total. The average molecular weight is 383 g/mol. The van der Waals surface area contributed by atoms with Gasteiger partial charge in [0.25, 0.3) is 0 Å². The van der Waals surface area contributed by atoms with Crippen molar-refractivity contribution >= 4 is 23.1 Å². The second-order valence-corrected chi connectivity index (χ2v) is 6.65. The molecule has 0 unspecified atom stereocenters. The Morgan fingerprint density at radius 1 is 1.22 bits per heavy atom. The summed E-state index contributed by atoms with van der Waals surface area (Å²) in [6.07, 6.45) is 2.31. The number of methoxy groups -OCH3 is 1. The van der Waals surface area contributed by atoms with Gasteiger partial charge in [0.05, 0.1) is 29.9 Å². The van der Waals surface area contributed by atoms with Crippen molar-refractivity contribution in [2.24, 2.45) is 0 Å². The number of ether oxygens (including phenoxy) is 2. The third-order valence-electron chi connectivity index (χ3n) is 3.87. The Morgan fingerprint density at radius 2 is 2.11 bits per heavy atom. The lowest BCUT2D eigenvalue weighted by molar-refractivity contribution is 0.0600. The van der Waals surface area contributed by atoms with Crippen LogP contribution in [0.5, 0.6) is 5.75 Å². The molecule has 1 aromatic carbocycles. The summed E-state index contributed by atoms with van der Waals surface area (Å²) in [5.41, 5.74) is 2.47. The molecule has 3 rings (SSSR count). The molecule has 3 aromatic rings. The number of esters is 1. The first-order chi connectivity index (χ1) is 13.2. The van der Waals surface area contributed by atoms with Gasteiger partial charge in [-0.25, -0.2) is 14.8 Å². The highest BCUT2D eigenvalue weighted by Gasteiger charge is 2.07. The summed E-state index contributed by atoms with van der Waals surface area (Å²) >= 11 is 1.59. The SMILES string of the molecule is CCOc1csc(-c2cc(NCCc3cccc(C(=O)OC)c3)ncn2)c1. The predicted octanol–water partition coefficient (Wildman–Crippen LogP) is 4.05. The summed E-state index contributed by atoms with van der Waals surface area (Å²) in [4.78, 5) is 21.3. The third kappa shape index (κ3) is 5.04. The number of hydrogen-bond acceptors (Lipinski definition) is 7. The largest absolute Gasteiger partial charge is 0.493 e. The van der Waals surface area contributed by atoms with E-state index in [9.17, 15) is 4.79 Å². The van der Waals surface area contributed by atoms with Crippen molar-refractivity contribution < 1.29 is 14.3 Å². The second kappa shape index (κ2) is 9.14. The van der Waals surface area contributed by atoms with Gasteiger partial charge in [-0.3, -0.25) is 0 Å². The molecular formula is C20H21N3O3S. The molecule has 0 aliphatic heterocycles. The van der Waals surface area contributed by atoms with Crippen LogP contribution in [0, 0.1) is 0 Å². The van der Waals surface area contributed by atoms with Crippen LogP contribution in [0.15, 0.2) is 48.1 Å². The number of carbonyl (C=O) groups is 1. The molecule has 2 heterocycles. The molecule has 0 aliphatic rings. The molecule has 0 amide bonds. The van der Waals surface area contributed by atoms with Crippen molar-refractivity contribution in [3.05, 3.63) is 59.2 Å². The molecule has 0 radical (unpaired) electrons. The van der Waals surface area contributed by atoms with E-state index in [1.165, 1.54) is 7.11 Å². The molecule has 0 saturated heterocycles. The minimum Gasteiger partial charge on any atom is -0.493 e. The van der Waals surface area contributed by atoms with Gasteiger partial charge in [0, 0.05) is 24.1 Å². The molecule has 2 aromatic heterocycles. The lowest BCUT2D eigenvalue weighted by Gasteiger charge is -2.07. The summed E-state index contributed by atoms with van der Waals surface area (Å²) < 4.78 is 10.3. The van der Waals surface area contributed by atoms with Crippen LogP contribution >= 0.6 is 11.3 Å². The van der Waals surface area contributed by atoms with Crippen LogP contribution in [-0.2, 0) is 11.2 Å². The maximum atomic E-state index is 11.6. The Labute approximate surface area is 162 Å². The van der Waals surface area contributed by atoms with E-state index >= 15 is 0 Å². The van der Waals surface area contributed by atoms with Crippen LogP contribution in [-0.4, -0.2) is 36.2 Å². The molecule has 0 saturated carbocycles. The van der Waals surface area contributed by atoms with Gasteiger partial charge >= 0.3 is 5.97 Å². The van der Waals surface area contributed by atoms with Gasteiger partial charge in [-0.15, -0.1) is 11.3 Å². The van der Waals surface area contributed by atoms with Crippen LogP contribution in [0.25, 0.3) is 10.6 Å². The lowest BCUT2D eigenvalue weighted by atomic mass is 10.1. The highest BCUT2D eigenvalue weighted by atomic mass is 32.1. The zero-order chi connectivity index (χ0) is 19.1. The number of anilines is 1. The van der Waals surface area contributed by atoms with Crippen molar-refractivity contribution in [3.63, 3.8) is 0 Å². The van der Waals surface area contributed by atoms with E-state index < -0.39 is 0 Å². The van der Waals surface area contributed by atoms with Gasteiger partial charge in [-0.1, -0.05) is 12.1 Å². The van der Waals surface area contributed by atoms with Crippen LogP contribution in [0.1, 0.15) is 22.8 Å². The monoisotopic (exact) mass is 383 g/mol. The maximum absolute atomic E-state index is 11.6. The molecule has 140 valence electrons. The number of hydrogen-bond donors (Lipinski definition) is 1. The quantitative estimate of drug-likeness (QED) is 0.592. The van der Waals surface area contributed by atoms with Crippen LogP contribution in [0.4, 0.5) is 5.82 Å². The summed E-state index contributed by atoms with van der Waals surface area (Å²) in [7, 11) is 1.38. The zero-order valence-corrected chi connectivity index (χ0v) is 16.1. The third-order valence-corrected chi connectivity index (χ3v) is 4.80. The summed E-state index contributed by atoms with van der Waals surface area (Å²) in [5.74, 6) is 1.29. The fourth-order valence-corrected chi connectivity index (χ4v) is 3.39. The van der Waals surface area contributed by atoms with Crippen LogP contribution < -0.4 is 10.1 Å². The van der Waals surface area contributed by atoms with E-state index in [1.807, 2.05) is 42.6 Å². The molecule has 0 aliphatic carbocycles. The van der Waals surface area contributed by atoms with E-state index in [2.05, 4.69) is 15.3 Å². The predicted molar refractivity (Wildman–Crippen MR) is 106 cm³/mol. The van der Waals surface area contributed by atoms with Gasteiger partial charge in [-0.2, -0.15) is 0 Å². The number of aromatic nitrogens is 2. The maximum Gasteiger partial charge on any atom is 0.337 e. The fourth-order valence-electron chi connectivity index (χ4n) is 2.59. The fraction of sp³-hybridized carbons (Fsp3) is 0.250. The molecular weight excluding hydrogens is 362 g/mol. The van der Waals surface area contributed by atoms with E-state index in [4.69, 9.17) is 9.47 Å². The number of carbonyl (C=O) groups excluding carboxylic acids is 1. The van der Waals surface area contributed by atoms with Crippen molar-refractivity contribution in [1.29, 1.82) is 0 Å². The Kier molecular flexibility index (Phi) is 6.38. The number of nitrogens with one attached hydrogen (secondary N) is 1. The molecule has 0 atom stereocenters. The minimum atomic E-state index is -0.326. The Balaban J connectivity index is 1.61. The first-order valence-electron chi connectivity index (χ1n) is 8.64. The highest BCUT2D eigenvalue weighted by Crippen LogP contribution is 2.30. The van der Waals surface area contributed by atoms with E-state index in [0.717, 1.165) is 34.1 Å². The van der Waals surface area contributed by atoms with E-state index in [0.29, 0.717) is 18.7 Å². The first kappa shape index (κ1) is 18.8. The number of rotatable bonds is 8. The van der Waals surface area contributed by atoms with Gasteiger partial charge in [0.1, 0.15) is 17.9 Å². The van der Waals surface area contributed by atoms with Crippen molar-refractivity contribution in [1.82, 2.24) is 9.97 Å². The molecule has 0 bridgehead atoms. The lowest BCUT2D eigenvalue weighted by Crippen LogP contribution is -2.08. The smallest absolute Gasteiger partial charge is 0.337 e. The van der Waals surface area contributed by atoms with E-state index in [1.54, 1.807) is 23.7 Å². The summed E-state index contributed by atoms with van der Waals surface area (Å²) in [6.45, 7) is 3.30. The molecule has 7 heteroatoms. The molecule has 0 spiro atoms. The van der Waals surface area contributed by atoms with Crippen molar-refractivity contribution in [3.8, 4) is 16.3 Å². The number of thiophene rings is 1. The Morgan fingerprint density at radius 3 is 2.93 bits per heavy atom. The number of nitrogens with zero attached hydrogens (tertiary/aromatic N) is 2. The van der Waals surface area contributed by atoms with Gasteiger partial charge in [0.15, 0.2) is 0 Å². The standard InChI is InChI=1S/C20H21N3O3S/c1-3-26-16-10-18(27-12-16)17-11-19(23-13-22-17)21-8-7-14-5-4-6-15(9-14)20(24)25-2/h4-6,9-13H,3,7-8H2,1-2H3,(H,21,22,23). The zero-order valence-electron chi connectivity index (χ0n) is 15.3. The molecule has 1 N–H and O–H groups in total. The van der Waals surface area contributed by atoms with E-state index in [-0.39, 0.29) is 5.97 Å². The van der Waals surface area contributed by atoms with Gasteiger partial charge in [-0.05, 0) is 31.0 Å². The average Bonchev–Trinajstić information content (AvgIpc) is 3.17. The topological polar surface area (TPSA) is 73.3 Å². The Bertz CT molecular complexity index is 911.